The van der Waals surface area contributed by atoms with Gasteiger partial charge in [0.25, 0.3) is 0 Å². The van der Waals surface area contributed by atoms with E-state index in [0.29, 0.717) is 10.3 Å². The Balaban J connectivity index is 2.63. The lowest BCUT2D eigenvalue weighted by Crippen LogP contribution is -2.21. The first kappa shape index (κ1) is 10.1. The number of aliphatic carboxylic acids is 1. The molecule has 3 N–H and O–H groups in total. The summed E-state index contributed by atoms with van der Waals surface area (Å²) in [6.45, 7) is 0. The van der Waals surface area contributed by atoms with Crippen molar-refractivity contribution in [1.29, 1.82) is 0 Å². The van der Waals surface area contributed by atoms with Crippen LogP contribution in [0, 0.1) is 0 Å². The molecule has 7 heteroatoms. The zero-order valence-corrected chi connectivity index (χ0v) is 9.05. The predicted octanol–water partition coefficient (Wildman–Crippen LogP) is 0.576. The normalized spacial score (nSPS) is 12.9. The highest BCUT2D eigenvalue weighted by Crippen LogP contribution is 2.22. The molecule has 0 radical (unpaired) electrons. The summed E-state index contributed by atoms with van der Waals surface area (Å²) in [6, 6.07) is 0.530. The van der Waals surface area contributed by atoms with Crippen molar-refractivity contribution in [3.8, 4) is 0 Å². The maximum Gasteiger partial charge on any atom is 0.326 e. The second-order valence-electron chi connectivity index (χ2n) is 2.91. The Morgan fingerprint density at radius 1 is 1.67 bits per heavy atom. The number of fused-ring (bicyclic) bond motifs is 1. The van der Waals surface area contributed by atoms with Crippen LogP contribution in [0.2, 0.25) is 0 Å². The van der Waals surface area contributed by atoms with Gasteiger partial charge in [-0.25, -0.2) is 9.97 Å². The number of carboxylic acids is 1. The molecule has 0 spiro atoms. The van der Waals surface area contributed by atoms with Gasteiger partial charge in [-0.1, -0.05) is 0 Å². The predicted molar refractivity (Wildman–Crippen MR) is 55.3 cm³/mol. The molecule has 0 aliphatic heterocycles. The molecular formula is C8H7BrN4O2. The topological polar surface area (TPSA) is 93.5 Å². The van der Waals surface area contributed by atoms with Crippen molar-refractivity contribution in [2.45, 2.75) is 6.04 Å². The Kier molecular flexibility index (Phi) is 2.41. The van der Waals surface area contributed by atoms with E-state index in [1.807, 2.05) is 0 Å². The first-order chi connectivity index (χ1) is 7.11. The molecule has 1 unspecified atom stereocenters. The van der Waals surface area contributed by atoms with Crippen molar-refractivity contribution in [3.05, 3.63) is 28.9 Å². The van der Waals surface area contributed by atoms with Gasteiger partial charge in [-0.05, 0) is 22.0 Å². The fourth-order valence-corrected chi connectivity index (χ4v) is 1.81. The third-order valence-corrected chi connectivity index (χ3v) is 2.75. The number of hydrogen-bond donors (Lipinski definition) is 2. The lowest BCUT2D eigenvalue weighted by Gasteiger charge is -2.01. The van der Waals surface area contributed by atoms with Gasteiger partial charge in [-0.15, -0.1) is 0 Å². The van der Waals surface area contributed by atoms with Gasteiger partial charge in [0.15, 0.2) is 0 Å². The highest BCUT2D eigenvalue weighted by Gasteiger charge is 2.22. The van der Waals surface area contributed by atoms with E-state index in [1.165, 1.54) is 6.33 Å². The van der Waals surface area contributed by atoms with Crippen LogP contribution in [0.5, 0.6) is 0 Å². The number of carboxylic acid groups (broad SMARTS) is 1. The molecule has 1 atom stereocenters. The van der Waals surface area contributed by atoms with Crippen LogP contribution >= 0.6 is 15.9 Å². The zero-order valence-electron chi connectivity index (χ0n) is 7.46. The third kappa shape index (κ3) is 1.59. The largest absolute Gasteiger partial charge is 0.480 e. The molecule has 2 aromatic rings. The minimum atomic E-state index is -1.14. The summed E-state index contributed by atoms with van der Waals surface area (Å²) in [5.74, 6) is -1.12. The average Bonchev–Trinajstić information content (AvgIpc) is 2.56. The number of nitrogens with zero attached hydrogens (tertiary/aromatic N) is 3. The first-order valence-electron chi connectivity index (χ1n) is 4.07. The van der Waals surface area contributed by atoms with Crippen molar-refractivity contribution in [3.63, 3.8) is 0 Å². The Hall–Kier alpha value is -1.47. The maximum atomic E-state index is 10.7. The highest BCUT2D eigenvalue weighted by molar-refractivity contribution is 9.10. The summed E-state index contributed by atoms with van der Waals surface area (Å²) >= 11 is 3.24. The molecule has 0 fully saturated rings. The highest BCUT2D eigenvalue weighted by atomic mass is 79.9. The van der Waals surface area contributed by atoms with Crippen molar-refractivity contribution in [2.24, 2.45) is 5.73 Å². The van der Waals surface area contributed by atoms with Crippen LogP contribution in [0.25, 0.3) is 5.65 Å². The van der Waals surface area contributed by atoms with Gasteiger partial charge < -0.3 is 10.8 Å². The molecule has 6 nitrogen and oxygen atoms in total. The standard InChI is InChI=1S/C8H7BrN4O2/c9-7-6(5(10)8(14)15)12-4-1-2-11-3-13(4)7/h1-3,5H,10H2,(H,14,15). The number of aromatic nitrogens is 3. The van der Waals surface area contributed by atoms with Crippen LogP contribution in [0.1, 0.15) is 11.7 Å². The summed E-state index contributed by atoms with van der Waals surface area (Å²) in [4.78, 5) is 18.7. The van der Waals surface area contributed by atoms with Crippen LogP contribution < -0.4 is 5.73 Å². The van der Waals surface area contributed by atoms with E-state index >= 15 is 0 Å². The summed E-state index contributed by atoms with van der Waals surface area (Å²) in [5.41, 5.74) is 6.36. The minimum absolute atomic E-state index is 0.288. The van der Waals surface area contributed by atoms with Gasteiger partial charge in [0.05, 0.1) is 0 Å². The second-order valence-corrected chi connectivity index (χ2v) is 3.66. The molecule has 0 aromatic carbocycles. The second kappa shape index (κ2) is 3.59. The average molecular weight is 271 g/mol. The van der Waals surface area contributed by atoms with Gasteiger partial charge in [-0.3, -0.25) is 9.20 Å². The molecule has 2 heterocycles. The summed E-state index contributed by atoms with van der Waals surface area (Å²) < 4.78 is 2.14. The molecule has 0 bridgehead atoms. The SMILES string of the molecule is NC(C(=O)O)c1nc2ccncn2c1Br. The minimum Gasteiger partial charge on any atom is -0.480 e. The summed E-state index contributed by atoms with van der Waals surface area (Å²) in [7, 11) is 0. The molecule has 0 aliphatic rings. The van der Waals surface area contributed by atoms with E-state index in [-0.39, 0.29) is 5.69 Å². The van der Waals surface area contributed by atoms with Crippen LogP contribution in [0.3, 0.4) is 0 Å². The van der Waals surface area contributed by atoms with E-state index in [1.54, 1.807) is 16.7 Å². The van der Waals surface area contributed by atoms with Crippen LogP contribution in [0.4, 0.5) is 0 Å². The first-order valence-corrected chi connectivity index (χ1v) is 4.86. The fraction of sp³-hybridized carbons (Fsp3) is 0.125. The molecule has 2 aromatic heterocycles. The number of carbonyl (C=O) groups is 1. The van der Waals surface area contributed by atoms with Gasteiger partial charge in [0.1, 0.15) is 28.3 Å². The van der Waals surface area contributed by atoms with E-state index in [0.717, 1.165) is 0 Å². The molecule has 15 heavy (non-hydrogen) atoms. The summed E-state index contributed by atoms with van der Waals surface area (Å²) in [6.07, 6.45) is 3.11. The van der Waals surface area contributed by atoms with E-state index < -0.39 is 12.0 Å². The quantitative estimate of drug-likeness (QED) is 0.833. The molecule has 0 amide bonds. The van der Waals surface area contributed by atoms with Crippen molar-refractivity contribution < 1.29 is 9.90 Å². The Morgan fingerprint density at radius 3 is 3.00 bits per heavy atom. The van der Waals surface area contributed by atoms with Crippen LogP contribution in [-0.2, 0) is 4.79 Å². The molecule has 0 aliphatic carbocycles. The maximum absolute atomic E-state index is 10.7. The van der Waals surface area contributed by atoms with Gasteiger partial charge in [0.2, 0.25) is 0 Å². The smallest absolute Gasteiger partial charge is 0.326 e. The Morgan fingerprint density at radius 2 is 2.40 bits per heavy atom. The van der Waals surface area contributed by atoms with Crippen LogP contribution in [-0.4, -0.2) is 25.4 Å². The van der Waals surface area contributed by atoms with Gasteiger partial charge in [-0.2, -0.15) is 0 Å². The zero-order chi connectivity index (χ0) is 11.0. The molecule has 2 rings (SSSR count). The molecular weight excluding hydrogens is 264 g/mol. The molecule has 78 valence electrons. The lowest BCUT2D eigenvalue weighted by molar-refractivity contribution is -0.138. The number of imidazole rings is 1. The molecule has 0 saturated carbocycles. The van der Waals surface area contributed by atoms with Gasteiger partial charge in [0, 0.05) is 6.20 Å². The Bertz CT molecular complexity index is 524. The van der Waals surface area contributed by atoms with E-state index in [2.05, 4.69) is 25.9 Å². The van der Waals surface area contributed by atoms with Gasteiger partial charge >= 0.3 is 5.97 Å². The Labute approximate surface area is 92.9 Å². The van der Waals surface area contributed by atoms with Crippen LogP contribution in [0.15, 0.2) is 23.2 Å². The lowest BCUT2D eigenvalue weighted by atomic mass is 10.2. The van der Waals surface area contributed by atoms with E-state index in [9.17, 15) is 4.79 Å². The number of nitrogens with two attached hydrogens (primary N) is 1. The van der Waals surface area contributed by atoms with E-state index in [4.69, 9.17) is 10.8 Å². The monoisotopic (exact) mass is 270 g/mol. The summed E-state index contributed by atoms with van der Waals surface area (Å²) in [5, 5.41) is 8.77. The number of hydrogen-bond acceptors (Lipinski definition) is 4. The fourth-order valence-electron chi connectivity index (χ4n) is 1.20. The molecule has 0 saturated heterocycles. The van der Waals surface area contributed by atoms with Crippen molar-refractivity contribution in [2.75, 3.05) is 0 Å². The number of halogens is 1. The third-order valence-electron chi connectivity index (χ3n) is 1.96. The number of rotatable bonds is 2. The van der Waals surface area contributed by atoms with Crippen molar-refractivity contribution in [1.82, 2.24) is 14.4 Å². The van der Waals surface area contributed by atoms with Crippen molar-refractivity contribution >= 4 is 27.5 Å².